The van der Waals surface area contributed by atoms with Crippen LogP contribution in [0.25, 0.3) is 4.85 Å². The average molecular weight is 168 g/mol. The minimum Gasteiger partial charge on any atom is -0.314 e. The summed E-state index contributed by atoms with van der Waals surface area (Å²) < 4.78 is 0. The van der Waals surface area contributed by atoms with E-state index in [-0.39, 0.29) is 6.04 Å². The van der Waals surface area contributed by atoms with Crippen LogP contribution >= 0.6 is 0 Å². The Balaban J connectivity index is 3.36. The third-order valence-electron chi connectivity index (χ3n) is 2.21. The van der Waals surface area contributed by atoms with Crippen molar-refractivity contribution >= 4 is 0 Å². The van der Waals surface area contributed by atoms with Crippen molar-refractivity contribution in [1.82, 2.24) is 4.90 Å². The molecule has 0 aromatic carbocycles. The summed E-state index contributed by atoms with van der Waals surface area (Å²) in [5.74, 6) is 0. The normalized spacial score (nSPS) is 12.9. The minimum atomic E-state index is 0.209. The van der Waals surface area contributed by atoms with Crippen molar-refractivity contribution in [3.05, 3.63) is 11.4 Å². The largest absolute Gasteiger partial charge is 0.314 e. The highest BCUT2D eigenvalue weighted by atomic mass is 15.1. The van der Waals surface area contributed by atoms with E-state index in [2.05, 4.69) is 23.6 Å². The van der Waals surface area contributed by atoms with Gasteiger partial charge in [-0.1, -0.05) is 13.8 Å². The van der Waals surface area contributed by atoms with E-state index >= 15 is 0 Å². The van der Waals surface area contributed by atoms with Gasteiger partial charge in [-0.2, -0.15) is 0 Å². The van der Waals surface area contributed by atoms with E-state index in [9.17, 15) is 0 Å². The number of nitrogens with zero attached hydrogens (tertiary/aromatic N) is 2. The molecular weight excluding hydrogens is 148 g/mol. The summed E-state index contributed by atoms with van der Waals surface area (Å²) in [6.07, 6.45) is 2.20. The van der Waals surface area contributed by atoms with Crippen LogP contribution in [0, 0.1) is 6.57 Å². The van der Waals surface area contributed by atoms with Gasteiger partial charge in [0.25, 0.3) is 0 Å². The zero-order valence-corrected chi connectivity index (χ0v) is 8.51. The summed E-state index contributed by atoms with van der Waals surface area (Å²) in [5.41, 5.74) is 0. The highest BCUT2D eigenvalue weighted by Gasteiger charge is 2.04. The lowest BCUT2D eigenvalue weighted by molar-refractivity contribution is 0.296. The van der Waals surface area contributed by atoms with Crippen molar-refractivity contribution in [2.45, 2.75) is 39.7 Å². The minimum absolute atomic E-state index is 0.209. The van der Waals surface area contributed by atoms with Crippen LogP contribution < -0.4 is 0 Å². The first kappa shape index (κ1) is 11.4. The molecule has 2 heteroatoms. The fourth-order valence-corrected chi connectivity index (χ4v) is 1.21. The predicted octanol–water partition coefficient (Wildman–Crippen LogP) is 2.42. The molecule has 2 nitrogen and oxygen atoms in total. The molecule has 0 bridgehead atoms. The van der Waals surface area contributed by atoms with Crippen LogP contribution in [0.3, 0.4) is 0 Å². The van der Waals surface area contributed by atoms with Crippen molar-refractivity contribution in [2.24, 2.45) is 0 Å². The molecule has 0 rings (SSSR count). The summed E-state index contributed by atoms with van der Waals surface area (Å²) in [7, 11) is 0. The molecule has 0 aliphatic heterocycles. The summed E-state index contributed by atoms with van der Waals surface area (Å²) >= 11 is 0. The molecule has 0 aliphatic rings. The van der Waals surface area contributed by atoms with Crippen LogP contribution in [0.4, 0.5) is 0 Å². The number of rotatable bonds is 6. The molecule has 0 radical (unpaired) electrons. The van der Waals surface area contributed by atoms with E-state index in [1.165, 1.54) is 0 Å². The smallest absolute Gasteiger partial charge is 0.221 e. The second-order valence-electron chi connectivity index (χ2n) is 3.15. The van der Waals surface area contributed by atoms with E-state index in [0.29, 0.717) is 0 Å². The molecule has 0 spiro atoms. The van der Waals surface area contributed by atoms with Crippen molar-refractivity contribution < 1.29 is 0 Å². The Hall–Kier alpha value is -0.550. The van der Waals surface area contributed by atoms with Crippen molar-refractivity contribution in [2.75, 3.05) is 19.6 Å². The van der Waals surface area contributed by atoms with Crippen LogP contribution in [-0.2, 0) is 0 Å². The lowest BCUT2D eigenvalue weighted by Gasteiger charge is -2.17. The van der Waals surface area contributed by atoms with E-state index in [1.54, 1.807) is 0 Å². The highest BCUT2D eigenvalue weighted by Crippen LogP contribution is 2.02. The van der Waals surface area contributed by atoms with Gasteiger partial charge in [0.1, 0.15) is 0 Å². The fourth-order valence-electron chi connectivity index (χ4n) is 1.21. The summed E-state index contributed by atoms with van der Waals surface area (Å²) in [5, 5.41) is 0. The molecule has 0 saturated heterocycles. The Morgan fingerprint density at radius 3 is 2.33 bits per heavy atom. The zero-order chi connectivity index (χ0) is 9.40. The fraction of sp³-hybridized carbons (Fsp3) is 0.900. The van der Waals surface area contributed by atoms with E-state index in [4.69, 9.17) is 6.57 Å². The highest BCUT2D eigenvalue weighted by molar-refractivity contribution is 4.72. The standard InChI is InChI=1S/C10H20N2/c1-5-12(6-2)9-7-8-10(3)11-4/h10H,5-9H2,1-3H3/t10-/m0/s1. The van der Waals surface area contributed by atoms with Gasteiger partial charge in [0, 0.05) is 13.3 Å². The monoisotopic (exact) mass is 168 g/mol. The van der Waals surface area contributed by atoms with Crippen molar-refractivity contribution in [1.29, 1.82) is 0 Å². The molecule has 0 saturated carbocycles. The maximum atomic E-state index is 6.80. The quantitative estimate of drug-likeness (QED) is 0.553. The Labute approximate surface area is 76.4 Å². The average Bonchev–Trinajstić information content (AvgIpc) is 2.12. The van der Waals surface area contributed by atoms with Gasteiger partial charge in [-0.15, -0.1) is 0 Å². The molecule has 70 valence electrons. The summed E-state index contributed by atoms with van der Waals surface area (Å²) in [6, 6.07) is 0.209. The number of hydrogen-bond acceptors (Lipinski definition) is 1. The van der Waals surface area contributed by atoms with Crippen molar-refractivity contribution in [3.63, 3.8) is 0 Å². The molecule has 0 aliphatic carbocycles. The molecule has 0 amide bonds. The zero-order valence-electron chi connectivity index (χ0n) is 8.51. The van der Waals surface area contributed by atoms with Crippen LogP contribution in [0.2, 0.25) is 0 Å². The lowest BCUT2D eigenvalue weighted by atomic mass is 10.2. The van der Waals surface area contributed by atoms with Gasteiger partial charge in [0.2, 0.25) is 6.04 Å². The first-order valence-electron chi connectivity index (χ1n) is 4.83. The van der Waals surface area contributed by atoms with Gasteiger partial charge < -0.3 is 9.74 Å². The Morgan fingerprint density at radius 1 is 1.33 bits per heavy atom. The van der Waals surface area contributed by atoms with E-state index in [0.717, 1.165) is 32.5 Å². The van der Waals surface area contributed by atoms with Crippen LogP contribution in [0.5, 0.6) is 0 Å². The third-order valence-corrected chi connectivity index (χ3v) is 2.21. The van der Waals surface area contributed by atoms with Gasteiger partial charge in [-0.25, -0.2) is 6.57 Å². The van der Waals surface area contributed by atoms with Crippen LogP contribution in [0.15, 0.2) is 0 Å². The van der Waals surface area contributed by atoms with E-state index < -0.39 is 0 Å². The second kappa shape index (κ2) is 7.12. The Morgan fingerprint density at radius 2 is 1.92 bits per heavy atom. The molecule has 0 aromatic heterocycles. The van der Waals surface area contributed by atoms with Gasteiger partial charge in [-0.3, -0.25) is 0 Å². The molecule has 12 heavy (non-hydrogen) atoms. The second-order valence-corrected chi connectivity index (χ2v) is 3.15. The number of hydrogen-bond donors (Lipinski definition) is 0. The molecular formula is C10H20N2. The molecule has 0 aromatic rings. The summed E-state index contributed by atoms with van der Waals surface area (Å²) in [4.78, 5) is 5.87. The predicted molar refractivity (Wildman–Crippen MR) is 53.1 cm³/mol. The maximum Gasteiger partial charge on any atom is 0.221 e. The maximum absolute atomic E-state index is 6.80. The lowest BCUT2D eigenvalue weighted by Crippen LogP contribution is -2.24. The van der Waals surface area contributed by atoms with Gasteiger partial charge in [0.05, 0.1) is 0 Å². The van der Waals surface area contributed by atoms with Gasteiger partial charge in [0.15, 0.2) is 0 Å². The van der Waals surface area contributed by atoms with Crippen LogP contribution in [-0.4, -0.2) is 30.6 Å². The van der Waals surface area contributed by atoms with E-state index in [1.807, 2.05) is 6.92 Å². The third kappa shape index (κ3) is 5.15. The molecule has 0 fully saturated rings. The molecule has 0 N–H and O–H groups in total. The Bertz CT molecular complexity index is 133. The van der Waals surface area contributed by atoms with Crippen molar-refractivity contribution in [3.8, 4) is 0 Å². The first-order chi connectivity index (χ1) is 5.74. The Kier molecular flexibility index (Phi) is 6.79. The first-order valence-corrected chi connectivity index (χ1v) is 4.83. The summed E-state index contributed by atoms with van der Waals surface area (Å²) in [6.45, 7) is 16.6. The SMILES string of the molecule is [C-]#[N+][C@@H](C)CCCN(CC)CC. The molecule has 0 heterocycles. The topological polar surface area (TPSA) is 7.60 Å². The molecule has 1 atom stereocenters. The molecule has 0 unspecified atom stereocenters. The van der Waals surface area contributed by atoms with Gasteiger partial charge >= 0.3 is 0 Å². The van der Waals surface area contributed by atoms with Gasteiger partial charge in [-0.05, 0) is 26.1 Å². The van der Waals surface area contributed by atoms with Crippen LogP contribution in [0.1, 0.15) is 33.6 Å².